The number of pyridine rings is 1. The van der Waals surface area contributed by atoms with E-state index in [-0.39, 0.29) is 17.2 Å². The Morgan fingerprint density at radius 3 is 2.43 bits per heavy atom. The van der Waals surface area contributed by atoms with Gasteiger partial charge < -0.3 is 9.67 Å². The molecule has 0 aliphatic rings. The molecule has 4 heteroatoms. The van der Waals surface area contributed by atoms with Crippen molar-refractivity contribution in [3.8, 4) is 0 Å². The van der Waals surface area contributed by atoms with Gasteiger partial charge in [-0.2, -0.15) is 0 Å². The van der Waals surface area contributed by atoms with E-state index in [0.29, 0.717) is 17.7 Å². The number of benzene rings is 1. The van der Waals surface area contributed by atoms with E-state index >= 15 is 0 Å². The summed E-state index contributed by atoms with van der Waals surface area (Å²) in [6.07, 6.45) is 0.684. The van der Waals surface area contributed by atoms with Crippen molar-refractivity contribution >= 4 is 5.97 Å². The average molecular weight is 285 g/mol. The van der Waals surface area contributed by atoms with Crippen molar-refractivity contribution in [2.75, 3.05) is 0 Å². The van der Waals surface area contributed by atoms with Crippen LogP contribution in [0, 0.1) is 13.8 Å². The number of hydrogen-bond acceptors (Lipinski definition) is 2. The largest absolute Gasteiger partial charge is 0.478 e. The predicted molar refractivity (Wildman–Crippen MR) is 82.0 cm³/mol. The van der Waals surface area contributed by atoms with Crippen LogP contribution < -0.4 is 5.56 Å². The highest BCUT2D eigenvalue weighted by Crippen LogP contribution is 2.18. The fraction of sp³-hybridized carbons (Fsp3) is 0.294. The smallest absolute Gasteiger partial charge is 0.337 e. The number of aromatic nitrogens is 1. The molecular formula is C17H19NO3. The van der Waals surface area contributed by atoms with Gasteiger partial charge in [-0.25, -0.2) is 4.79 Å². The lowest BCUT2D eigenvalue weighted by Crippen LogP contribution is -2.29. The number of aromatic carboxylic acids is 1. The van der Waals surface area contributed by atoms with Gasteiger partial charge in [-0.3, -0.25) is 4.79 Å². The lowest BCUT2D eigenvalue weighted by atomic mass is 10.0. The lowest BCUT2D eigenvalue weighted by molar-refractivity contribution is 0.0694. The molecule has 2 rings (SSSR count). The van der Waals surface area contributed by atoms with Gasteiger partial charge >= 0.3 is 5.97 Å². The highest BCUT2D eigenvalue weighted by Gasteiger charge is 2.18. The van der Waals surface area contributed by atoms with Crippen molar-refractivity contribution < 1.29 is 9.90 Å². The van der Waals surface area contributed by atoms with Crippen LogP contribution in [0.25, 0.3) is 0 Å². The number of carboxylic acids is 1. The van der Waals surface area contributed by atoms with Gasteiger partial charge in [0.05, 0.1) is 5.56 Å². The SMILES string of the molecule is Cc1cc(=O)n(C(C)Cc2ccccc2)c(C)c1C(=O)O. The van der Waals surface area contributed by atoms with Crippen LogP contribution in [-0.4, -0.2) is 15.6 Å². The summed E-state index contributed by atoms with van der Waals surface area (Å²) in [6, 6.07) is 11.2. The van der Waals surface area contributed by atoms with E-state index in [9.17, 15) is 14.7 Å². The maximum absolute atomic E-state index is 12.2. The number of carbonyl (C=O) groups is 1. The summed E-state index contributed by atoms with van der Waals surface area (Å²) in [6.45, 7) is 5.28. The molecule has 0 amide bonds. The molecule has 110 valence electrons. The fourth-order valence-corrected chi connectivity index (χ4v) is 2.82. The van der Waals surface area contributed by atoms with E-state index in [0.717, 1.165) is 5.56 Å². The van der Waals surface area contributed by atoms with E-state index in [2.05, 4.69) is 0 Å². The third-order valence-corrected chi connectivity index (χ3v) is 3.72. The Morgan fingerprint density at radius 2 is 1.86 bits per heavy atom. The lowest BCUT2D eigenvalue weighted by Gasteiger charge is -2.20. The molecule has 1 aromatic heterocycles. The van der Waals surface area contributed by atoms with Gasteiger partial charge in [-0.1, -0.05) is 30.3 Å². The number of nitrogens with zero attached hydrogens (tertiary/aromatic N) is 1. The minimum absolute atomic E-state index is 0.0985. The van der Waals surface area contributed by atoms with Crippen LogP contribution in [0.4, 0.5) is 0 Å². The summed E-state index contributed by atoms with van der Waals surface area (Å²) in [5, 5.41) is 9.32. The molecule has 0 radical (unpaired) electrons. The second-order valence-electron chi connectivity index (χ2n) is 5.34. The molecular weight excluding hydrogens is 266 g/mol. The highest BCUT2D eigenvalue weighted by molar-refractivity contribution is 5.90. The van der Waals surface area contributed by atoms with E-state index in [1.165, 1.54) is 6.07 Å². The van der Waals surface area contributed by atoms with Crippen LogP contribution in [0.3, 0.4) is 0 Å². The highest BCUT2D eigenvalue weighted by atomic mass is 16.4. The fourth-order valence-electron chi connectivity index (χ4n) is 2.82. The van der Waals surface area contributed by atoms with Crippen molar-refractivity contribution in [2.45, 2.75) is 33.2 Å². The first-order chi connectivity index (χ1) is 9.91. The van der Waals surface area contributed by atoms with Gasteiger partial charge in [0.25, 0.3) is 5.56 Å². The van der Waals surface area contributed by atoms with Crippen LogP contribution in [0.1, 0.15) is 40.1 Å². The Bertz CT molecular complexity index is 717. The molecule has 0 spiro atoms. The summed E-state index contributed by atoms with van der Waals surface area (Å²) >= 11 is 0. The topological polar surface area (TPSA) is 59.3 Å². The minimum atomic E-state index is -0.995. The van der Waals surface area contributed by atoms with Crippen LogP contribution in [0.2, 0.25) is 0 Å². The molecule has 4 nitrogen and oxygen atoms in total. The second kappa shape index (κ2) is 5.95. The average Bonchev–Trinajstić information content (AvgIpc) is 2.38. The molecule has 21 heavy (non-hydrogen) atoms. The number of rotatable bonds is 4. The maximum Gasteiger partial charge on any atom is 0.337 e. The molecule has 0 fully saturated rings. The first-order valence-electron chi connectivity index (χ1n) is 6.91. The molecule has 1 atom stereocenters. The molecule has 0 bridgehead atoms. The van der Waals surface area contributed by atoms with Gasteiger partial charge in [-0.05, 0) is 38.3 Å². The summed E-state index contributed by atoms with van der Waals surface area (Å²) in [5.41, 5.74) is 2.20. The van der Waals surface area contributed by atoms with Crippen molar-refractivity contribution in [1.29, 1.82) is 0 Å². The maximum atomic E-state index is 12.2. The van der Waals surface area contributed by atoms with Crippen molar-refractivity contribution in [2.24, 2.45) is 0 Å². The van der Waals surface area contributed by atoms with Gasteiger partial charge in [0.2, 0.25) is 0 Å². The van der Waals surface area contributed by atoms with E-state index < -0.39 is 5.97 Å². The molecule has 1 unspecified atom stereocenters. The summed E-state index contributed by atoms with van der Waals surface area (Å²) in [7, 11) is 0. The zero-order chi connectivity index (χ0) is 15.6. The molecule has 2 aromatic rings. The molecule has 0 saturated heterocycles. The molecule has 1 N–H and O–H groups in total. The van der Waals surface area contributed by atoms with Gasteiger partial charge in [0, 0.05) is 17.8 Å². The van der Waals surface area contributed by atoms with Crippen LogP contribution in [0.15, 0.2) is 41.2 Å². The van der Waals surface area contributed by atoms with Crippen molar-refractivity contribution in [3.05, 3.63) is 69.1 Å². The molecule has 0 aliphatic heterocycles. The van der Waals surface area contributed by atoms with Gasteiger partial charge in [0.15, 0.2) is 0 Å². The molecule has 1 heterocycles. The normalized spacial score (nSPS) is 12.1. The number of hydrogen-bond donors (Lipinski definition) is 1. The van der Waals surface area contributed by atoms with E-state index in [4.69, 9.17) is 0 Å². The second-order valence-corrected chi connectivity index (χ2v) is 5.34. The van der Waals surface area contributed by atoms with Crippen LogP contribution in [-0.2, 0) is 6.42 Å². The first kappa shape index (κ1) is 15.0. The Balaban J connectivity index is 2.46. The van der Waals surface area contributed by atoms with Gasteiger partial charge in [0.1, 0.15) is 0 Å². The van der Waals surface area contributed by atoms with Crippen LogP contribution in [0.5, 0.6) is 0 Å². The van der Waals surface area contributed by atoms with Crippen LogP contribution >= 0.6 is 0 Å². The summed E-state index contributed by atoms with van der Waals surface area (Å²) < 4.78 is 1.57. The van der Waals surface area contributed by atoms with Crippen molar-refractivity contribution in [3.63, 3.8) is 0 Å². The summed E-state index contributed by atoms with van der Waals surface area (Å²) in [5.74, 6) is -0.995. The Labute approximate surface area is 123 Å². The molecule has 1 aromatic carbocycles. The quantitative estimate of drug-likeness (QED) is 0.939. The molecule has 0 aliphatic carbocycles. The third-order valence-electron chi connectivity index (χ3n) is 3.72. The van der Waals surface area contributed by atoms with Crippen molar-refractivity contribution in [1.82, 2.24) is 4.57 Å². The number of aryl methyl sites for hydroxylation is 1. The Hall–Kier alpha value is -2.36. The number of carboxylic acid groups (broad SMARTS) is 1. The zero-order valence-electron chi connectivity index (χ0n) is 12.5. The first-order valence-corrected chi connectivity index (χ1v) is 6.91. The molecule has 0 saturated carbocycles. The minimum Gasteiger partial charge on any atom is -0.478 e. The third kappa shape index (κ3) is 3.05. The monoisotopic (exact) mass is 285 g/mol. The zero-order valence-corrected chi connectivity index (χ0v) is 12.5. The Kier molecular flexibility index (Phi) is 4.26. The summed E-state index contributed by atoms with van der Waals surface area (Å²) in [4.78, 5) is 23.6. The standard InChI is InChI=1S/C17H19NO3/c1-11-9-15(19)18(13(3)16(11)17(20)21)12(2)10-14-7-5-4-6-8-14/h4-9,12H,10H2,1-3H3,(H,20,21). The Morgan fingerprint density at radius 1 is 1.24 bits per heavy atom. The predicted octanol–water partition coefficient (Wildman–Crippen LogP) is 2.97. The van der Waals surface area contributed by atoms with E-state index in [1.807, 2.05) is 37.3 Å². The van der Waals surface area contributed by atoms with E-state index in [1.54, 1.807) is 18.4 Å². The van der Waals surface area contributed by atoms with Gasteiger partial charge in [-0.15, -0.1) is 0 Å².